The second kappa shape index (κ2) is 4.97. The van der Waals surface area contributed by atoms with Crippen LogP contribution in [0.4, 0.5) is 18.9 Å². The highest BCUT2D eigenvalue weighted by atomic mass is 35.7. The summed E-state index contributed by atoms with van der Waals surface area (Å²) >= 11 is 0. The van der Waals surface area contributed by atoms with E-state index in [-0.39, 0.29) is 6.42 Å². The first kappa shape index (κ1) is 15.7. The van der Waals surface area contributed by atoms with Gasteiger partial charge >= 0.3 is 6.18 Å². The number of nitro groups is 1. The van der Waals surface area contributed by atoms with Crippen LogP contribution in [0.2, 0.25) is 0 Å². The minimum atomic E-state index is -4.91. The fourth-order valence-electron chi connectivity index (χ4n) is 1.57. The fourth-order valence-corrected chi connectivity index (χ4v) is 2.79. The summed E-state index contributed by atoms with van der Waals surface area (Å²) in [7, 11) is 0.507. The van der Waals surface area contributed by atoms with Gasteiger partial charge in [0.1, 0.15) is 0 Å². The molecule has 0 unspecified atom stereocenters. The van der Waals surface area contributed by atoms with Crippen molar-refractivity contribution in [1.82, 2.24) is 0 Å². The van der Waals surface area contributed by atoms with Crippen molar-refractivity contribution in [3.63, 3.8) is 0 Å². The molecule has 5 nitrogen and oxygen atoms in total. The zero-order valence-corrected chi connectivity index (χ0v) is 10.9. The van der Waals surface area contributed by atoms with Crippen molar-refractivity contribution < 1.29 is 26.5 Å². The summed E-state index contributed by atoms with van der Waals surface area (Å²) in [5.74, 6) is 0. The maximum atomic E-state index is 12.8. The molecule has 0 fully saturated rings. The number of halogens is 4. The maximum absolute atomic E-state index is 12.8. The smallest absolute Gasteiger partial charge is 0.258 e. The molecule has 0 aliphatic heterocycles. The van der Waals surface area contributed by atoms with Gasteiger partial charge in [0.05, 0.1) is 15.4 Å². The minimum absolute atomic E-state index is 0.284. The summed E-state index contributed by atoms with van der Waals surface area (Å²) < 4.78 is 60.8. The van der Waals surface area contributed by atoms with Gasteiger partial charge in [-0.1, -0.05) is 6.92 Å². The van der Waals surface area contributed by atoms with Crippen LogP contribution < -0.4 is 0 Å². The number of rotatable bonds is 3. The quantitative estimate of drug-likeness (QED) is 0.487. The van der Waals surface area contributed by atoms with Gasteiger partial charge in [-0.2, -0.15) is 13.2 Å². The first-order chi connectivity index (χ1) is 8.48. The number of hydrogen-bond acceptors (Lipinski definition) is 4. The van der Waals surface area contributed by atoms with Gasteiger partial charge in [0.2, 0.25) is 0 Å². The Bertz CT molecular complexity index is 627. The van der Waals surface area contributed by atoms with E-state index in [0.29, 0.717) is 12.1 Å². The van der Waals surface area contributed by atoms with Gasteiger partial charge < -0.3 is 0 Å². The summed E-state index contributed by atoms with van der Waals surface area (Å²) in [6.45, 7) is 1.29. The van der Waals surface area contributed by atoms with Crippen LogP contribution in [0.25, 0.3) is 0 Å². The molecule has 0 aliphatic carbocycles. The van der Waals surface area contributed by atoms with E-state index in [9.17, 15) is 31.7 Å². The Morgan fingerprint density at radius 1 is 1.37 bits per heavy atom. The Balaban J connectivity index is 3.82. The van der Waals surface area contributed by atoms with Gasteiger partial charge in [-0.25, -0.2) is 8.42 Å². The summed E-state index contributed by atoms with van der Waals surface area (Å²) in [5.41, 5.74) is -2.94. The highest BCUT2D eigenvalue weighted by Crippen LogP contribution is 2.38. The lowest BCUT2D eigenvalue weighted by Gasteiger charge is -2.14. The van der Waals surface area contributed by atoms with Crippen molar-refractivity contribution in [2.75, 3.05) is 0 Å². The molecule has 1 aromatic rings. The fraction of sp³-hybridized carbons (Fsp3) is 0.333. The third-order valence-electron chi connectivity index (χ3n) is 2.33. The van der Waals surface area contributed by atoms with Crippen molar-refractivity contribution in [2.45, 2.75) is 24.4 Å². The van der Waals surface area contributed by atoms with Gasteiger partial charge in [-0.05, 0) is 12.0 Å². The van der Waals surface area contributed by atoms with Gasteiger partial charge in [0, 0.05) is 22.8 Å². The molecule has 0 aromatic heterocycles. The van der Waals surface area contributed by atoms with Crippen LogP contribution >= 0.6 is 10.7 Å². The van der Waals surface area contributed by atoms with Crippen molar-refractivity contribution in [3.05, 3.63) is 33.4 Å². The lowest BCUT2D eigenvalue weighted by atomic mass is 10.0. The van der Waals surface area contributed by atoms with Gasteiger partial charge in [-0.3, -0.25) is 10.1 Å². The van der Waals surface area contributed by atoms with Crippen LogP contribution in [0.5, 0.6) is 0 Å². The van der Waals surface area contributed by atoms with Crippen LogP contribution in [0.15, 0.2) is 17.0 Å². The Morgan fingerprint density at radius 3 is 2.21 bits per heavy atom. The number of hydrogen-bond donors (Lipinski definition) is 0. The molecular formula is C9H7ClF3NO4S. The van der Waals surface area contributed by atoms with Gasteiger partial charge in [-0.15, -0.1) is 0 Å². The van der Waals surface area contributed by atoms with Crippen molar-refractivity contribution >= 4 is 25.4 Å². The van der Waals surface area contributed by atoms with E-state index >= 15 is 0 Å². The molecule has 10 heteroatoms. The Labute approximate surface area is 110 Å². The first-order valence-electron chi connectivity index (χ1n) is 4.81. The minimum Gasteiger partial charge on any atom is -0.258 e. The lowest BCUT2D eigenvalue weighted by Crippen LogP contribution is -2.13. The molecule has 0 radical (unpaired) electrons. The Morgan fingerprint density at radius 2 is 1.89 bits per heavy atom. The SMILES string of the molecule is CCc1c(C(F)(F)F)cc([N+](=O)[O-])cc1S(=O)(=O)Cl. The molecular weight excluding hydrogens is 311 g/mol. The molecule has 1 rings (SSSR count). The zero-order chi connectivity index (χ0) is 15.0. The van der Waals surface area contributed by atoms with Gasteiger partial charge in [0.15, 0.2) is 0 Å². The summed E-state index contributed by atoms with van der Waals surface area (Å²) in [6, 6.07) is 0.820. The molecule has 106 valence electrons. The van der Waals surface area contributed by atoms with Crippen LogP contribution in [-0.4, -0.2) is 13.3 Å². The number of alkyl halides is 3. The topological polar surface area (TPSA) is 77.3 Å². The molecule has 0 heterocycles. The lowest BCUT2D eigenvalue weighted by molar-refractivity contribution is -0.385. The number of benzene rings is 1. The van der Waals surface area contributed by atoms with E-state index in [0.717, 1.165) is 0 Å². The highest BCUT2D eigenvalue weighted by Gasteiger charge is 2.37. The summed E-state index contributed by atoms with van der Waals surface area (Å²) in [4.78, 5) is 8.56. The van der Waals surface area contributed by atoms with Crippen molar-refractivity contribution in [3.8, 4) is 0 Å². The first-order valence-corrected chi connectivity index (χ1v) is 7.12. The molecule has 0 bridgehead atoms. The summed E-state index contributed by atoms with van der Waals surface area (Å²) in [6.07, 6.45) is -5.19. The van der Waals surface area contributed by atoms with E-state index < -0.39 is 41.9 Å². The molecule has 19 heavy (non-hydrogen) atoms. The van der Waals surface area contributed by atoms with E-state index in [1.165, 1.54) is 6.92 Å². The highest BCUT2D eigenvalue weighted by molar-refractivity contribution is 8.13. The van der Waals surface area contributed by atoms with Gasteiger partial charge in [0.25, 0.3) is 14.7 Å². The Kier molecular flexibility index (Phi) is 4.11. The van der Waals surface area contributed by atoms with E-state index in [1.54, 1.807) is 0 Å². The monoisotopic (exact) mass is 317 g/mol. The number of nitrogens with zero attached hydrogens (tertiary/aromatic N) is 1. The predicted octanol–water partition coefficient (Wildman–Crippen LogP) is 3.10. The third kappa shape index (κ3) is 3.35. The normalized spacial score (nSPS) is 12.5. The second-order valence-corrected chi connectivity index (χ2v) is 6.05. The van der Waals surface area contributed by atoms with E-state index in [1.807, 2.05) is 0 Å². The number of nitro benzene ring substituents is 1. The third-order valence-corrected chi connectivity index (χ3v) is 3.71. The van der Waals surface area contributed by atoms with Crippen molar-refractivity contribution in [1.29, 1.82) is 0 Å². The van der Waals surface area contributed by atoms with Crippen molar-refractivity contribution in [2.24, 2.45) is 0 Å². The van der Waals surface area contributed by atoms with Crippen LogP contribution in [-0.2, 0) is 21.6 Å². The molecule has 0 aliphatic rings. The second-order valence-electron chi connectivity index (χ2n) is 3.52. The predicted molar refractivity (Wildman–Crippen MR) is 60.5 cm³/mol. The largest absolute Gasteiger partial charge is 0.416 e. The molecule has 0 amide bonds. The zero-order valence-electron chi connectivity index (χ0n) is 9.36. The summed E-state index contributed by atoms with van der Waals surface area (Å²) in [5, 5.41) is 10.6. The van der Waals surface area contributed by atoms with Crippen LogP contribution in [0.3, 0.4) is 0 Å². The Hall–Kier alpha value is -1.35. The molecule has 1 aromatic carbocycles. The average Bonchev–Trinajstić information content (AvgIpc) is 2.24. The molecule has 0 saturated heterocycles. The van der Waals surface area contributed by atoms with E-state index in [4.69, 9.17) is 10.7 Å². The average molecular weight is 318 g/mol. The molecule has 0 spiro atoms. The van der Waals surface area contributed by atoms with Crippen LogP contribution in [0, 0.1) is 10.1 Å². The molecule has 0 atom stereocenters. The molecule has 0 N–H and O–H groups in total. The number of non-ortho nitro benzene ring substituents is 1. The maximum Gasteiger partial charge on any atom is 0.416 e. The standard InChI is InChI=1S/C9H7ClF3NO4S/c1-2-6-7(9(11,12)13)3-5(14(15)16)4-8(6)19(10,17)18/h3-4H,2H2,1H3. The van der Waals surface area contributed by atoms with E-state index in [2.05, 4.69) is 0 Å². The van der Waals surface area contributed by atoms with Crippen LogP contribution in [0.1, 0.15) is 18.1 Å². The molecule has 0 saturated carbocycles.